The van der Waals surface area contributed by atoms with Crippen LogP contribution in [0.15, 0.2) is 96.3 Å². The summed E-state index contributed by atoms with van der Waals surface area (Å²) in [7, 11) is -5.07. The molecule has 0 fully saturated rings. The molecule has 206 valence electrons. The molecule has 0 aliphatic rings. The summed E-state index contributed by atoms with van der Waals surface area (Å²) in [6.45, 7) is 1.31. The van der Waals surface area contributed by atoms with E-state index in [0.717, 1.165) is 8.78 Å². The average molecular weight is 698 g/mol. The fourth-order valence-electron chi connectivity index (χ4n) is 4.15. The van der Waals surface area contributed by atoms with Gasteiger partial charge in [-0.1, -0.05) is 44.0 Å². The highest BCUT2D eigenvalue weighted by Gasteiger charge is 2.33. The molecule has 0 radical (unpaired) electrons. The summed E-state index contributed by atoms with van der Waals surface area (Å²) in [5, 5.41) is 0.415. The highest BCUT2D eigenvalue weighted by molar-refractivity contribution is 9.10. The van der Waals surface area contributed by atoms with E-state index in [1.54, 1.807) is 62.5 Å². The van der Waals surface area contributed by atoms with E-state index in [9.17, 15) is 21.6 Å². The predicted molar refractivity (Wildman–Crippen MR) is 157 cm³/mol. The van der Waals surface area contributed by atoms with Gasteiger partial charge in [0.1, 0.15) is 5.82 Å². The minimum atomic E-state index is -4.13. The number of benzene rings is 3. The Bertz CT molecular complexity index is 1780. The first-order valence-corrected chi connectivity index (χ1v) is 16.3. The zero-order chi connectivity index (χ0) is 28.5. The Hall–Kier alpha value is -2.42. The van der Waals surface area contributed by atoms with Gasteiger partial charge in [0.2, 0.25) is 20.0 Å². The molecule has 0 amide bonds. The second kappa shape index (κ2) is 11.6. The topological polar surface area (TPSA) is 110 Å². The van der Waals surface area contributed by atoms with Crippen molar-refractivity contribution < 1.29 is 16.8 Å². The summed E-state index contributed by atoms with van der Waals surface area (Å²) in [5.74, 6) is 0.234. The molecule has 0 saturated carbocycles. The van der Waals surface area contributed by atoms with Gasteiger partial charge in [0.15, 0.2) is 0 Å². The first-order valence-electron chi connectivity index (χ1n) is 11.8. The molecule has 9 nitrogen and oxygen atoms in total. The Balaban J connectivity index is 1.75. The maximum Gasteiger partial charge on any atom is 0.261 e. The fourth-order valence-corrected chi connectivity index (χ4v) is 7.42. The van der Waals surface area contributed by atoms with Crippen molar-refractivity contribution in [3.63, 3.8) is 0 Å². The molecule has 0 bridgehead atoms. The second-order valence-electron chi connectivity index (χ2n) is 8.88. The molecule has 0 spiro atoms. The van der Waals surface area contributed by atoms with Gasteiger partial charge in [-0.05, 0) is 67.6 Å². The second-order valence-corrected chi connectivity index (χ2v) is 14.6. The van der Waals surface area contributed by atoms with E-state index >= 15 is 0 Å². The third-order valence-corrected chi connectivity index (χ3v) is 11.3. The SMILES string of the molecule is CC(c1nc2ccccc2c(=O)n1C)N(CCN(C)S(=O)(=O)c1ccc(Br)cc1)S(=O)(=O)c1ccc(Br)cc1. The molecule has 0 aliphatic carbocycles. The van der Waals surface area contributed by atoms with Gasteiger partial charge in [0.05, 0.1) is 26.7 Å². The Morgan fingerprint density at radius 1 is 0.821 bits per heavy atom. The third kappa shape index (κ3) is 6.03. The summed E-state index contributed by atoms with van der Waals surface area (Å²) in [5.41, 5.74) is 0.136. The quantitative estimate of drug-likeness (QED) is 0.254. The van der Waals surface area contributed by atoms with Crippen molar-refractivity contribution in [1.82, 2.24) is 18.2 Å². The molecule has 39 heavy (non-hydrogen) atoms. The minimum Gasteiger partial charge on any atom is -0.298 e. The normalized spacial score (nSPS) is 13.3. The van der Waals surface area contributed by atoms with E-state index in [1.165, 1.54) is 40.2 Å². The lowest BCUT2D eigenvalue weighted by atomic mass is 10.2. The van der Waals surface area contributed by atoms with E-state index < -0.39 is 26.1 Å². The smallest absolute Gasteiger partial charge is 0.261 e. The number of hydrogen-bond donors (Lipinski definition) is 0. The first-order chi connectivity index (χ1) is 18.3. The predicted octanol–water partition coefficient (Wildman–Crippen LogP) is 4.53. The van der Waals surface area contributed by atoms with Gasteiger partial charge in [-0.15, -0.1) is 0 Å². The first kappa shape index (κ1) is 29.6. The third-order valence-electron chi connectivity index (χ3n) is 6.40. The van der Waals surface area contributed by atoms with Crippen LogP contribution >= 0.6 is 31.9 Å². The number of likely N-dealkylation sites (N-methyl/N-ethyl adjacent to an activating group) is 1. The maximum atomic E-state index is 13.9. The minimum absolute atomic E-state index is 0.0294. The summed E-state index contributed by atoms with van der Waals surface area (Å²) in [6.07, 6.45) is 0. The molecular weight excluding hydrogens is 672 g/mol. The van der Waals surface area contributed by atoms with Gasteiger partial charge in [-0.2, -0.15) is 8.61 Å². The van der Waals surface area contributed by atoms with Crippen LogP contribution in [-0.2, 0) is 27.1 Å². The fraction of sp³-hybridized carbons (Fsp3) is 0.231. The number of fused-ring (bicyclic) bond motifs is 1. The van der Waals surface area contributed by atoms with E-state index in [4.69, 9.17) is 0 Å². The number of halogens is 2. The monoisotopic (exact) mass is 696 g/mol. The van der Waals surface area contributed by atoms with E-state index in [2.05, 4.69) is 36.8 Å². The Labute approximate surface area is 244 Å². The lowest BCUT2D eigenvalue weighted by Crippen LogP contribution is -2.42. The number of para-hydroxylation sites is 1. The van der Waals surface area contributed by atoms with Gasteiger partial charge in [-0.3, -0.25) is 9.36 Å². The van der Waals surface area contributed by atoms with Crippen molar-refractivity contribution in [1.29, 1.82) is 0 Å². The number of sulfonamides is 2. The van der Waals surface area contributed by atoms with Gasteiger partial charge < -0.3 is 0 Å². The van der Waals surface area contributed by atoms with Crippen LogP contribution in [0.3, 0.4) is 0 Å². The van der Waals surface area contributed by atoms with Crippen LogP contribution in [0.25, 0.3) is 10.9 Å². The van der Waals surface area contributed by atoms with Crippen LogP contribution in [-0.4, -0.2) is 55.1 Å². The van der Waals surface area contributed by atoms with Crippen LogP contribution in [0, 0.1) is 0 Å². The molecular formula is C26H26Br2N4O5S2. The van der Waals surface area contributed by atoms with E-state index in [-0.39, 0.29) is 34.3 Å². The van der Waals surface area contributed by atoms with Crippen LogP contribution < -0.4 is 5.56 Å². The zero-order valence-electron chi connectivity index (χ0n) is 21.3. The molecule has 1 atom stereocenters. The Morgan fingerprint density at radius 3 is 1.90 bits per heavy atom. The summed E-state index contributed by atoms with van der Waals surface area (Å²) in [6, 6.07) is 18.3. The van der Waals surface area contributed by atoms with Crippen LogP contribution in [0.5, 0.6) is 0 Å². The van der Waals surface area contributed by atoms with E-state index in [1.807, 2.05) is 0 Å². The molecule has 0 saturated heterocycles. The lowest BCUT2D eigenvalue weighted by Gasteiger charge is -2.30. The van der Waals surface area contributed by atoms with Crippen molar-refractivity contribution in [3.8, 4) is 0 Å². The Kier molecular flexibility index (Phi) is 8.79. The molecule has 1 heterocycles. The van der Waals surface area contributed by atoms with Crippen LogP contribution in [0.2, 0.25) is 0 Å². The molecule has 1 aromatic heterocycles. The van der Waals surface area contributed by atoms with Gasteiger partial charge in [0.25, 0.3) is 5.56 Å². The molecule has 1 unspecified atom stereocenters. The summed E-state index contributed by atoms with van der Waals surface area (Å²) >= 11 is 6.62. The van der Waals surface area contributed by atoms with Gasteiger partial charge >= 0.3 is 0 Å². The van der Waals surface area contributed by atoms with Crippen molar-refractivity contribution in [3.05, 3.63) is 97.9 Å². The maximum absolute atomic E-state index is 13.9. The zero-order valence-corrected chi connectivity index (χ0v) is 26.1. The molecule has 4 aromatic rings. The molecule has 0 N–H and O–H groups in total. The highest BCUT2D eigenvalue weighted by atomic mass is 79.9. The molecule has 0 aliphatic heterocycles. The average Bonchev–Trinajstić information content (AvgIpc) is 2.91. The van der Waals surface area contributed by atoms with Crippen LogP contribution in [0.4, 0.5) is 0 Å². The van der Waals surface area contributed by atoms with Gasteiger partial charge in [-0.25, -0.2) is 21.8 Å². The van der Waals surface area contributed by atoms with Gasteiger partial charge in [0, 0.05) is 36.1 Å². The number of hydrogen-bond acceptors (Lipinski definition) is 6. The summed E-state index contributed by atoms with van der Waals surface area (Å²) in [4.78, 5) is 17.8. The van der Waals surface area contributed by atoms with Crippen molar-refractivity contribution in [2.45, 2.75) is 22.8 Å². The lowest BCUT2D eigenvalue weighted by molar-refractivity contribution is 0.303. The highest BCUT2D eigenvalue weighted by Crippen LogP contribution is 2.28. The number of rotatable bonds is 9. The van der Waals surface area contributed by atoms with Crippen LogP contribution in [0.1, 0.15) is 18.8 Å². The molecule has 13 heteroatoms. The van der Waals surface area contributed by atoms with E-state index in [0.29, 0.717) is 15.4 Å². The number of nitrogens with zero attached hydrogens (tertiary/aromatic N) is 4. The molecule has 3 aromatic carbocycles. The van der Waals surface area contributed by atoms with Crippen molar-refractivity contribution in [2.75, 3.05) is 20.1 Å². The standard InChI is InChI=1S/C26H26Br2N4O5S2/c1-18(25-29-24-7-5-4-6-23(24)26(33)31(25)3)32(39(36,37)22-14-10-20(28)11-15-22)17-16-30(2)38(34,35)21-12-8-19(27)9-13-21/h4-15,18H,16-17H2,1-3H3. The van der Waals surface area contributed by atoms with Crippen molar-refractivity contribution in [2.24, 2.45) is 7.05 Å². The molecule has 4 rings (SSSR count). The summed E-state index contributed by atoms with van der Waals surface area (Å²) < 4.78 is 59.2. The van der Waals surface area contributed by atoms with Crippen molar-refractivity contribution >= 4 is 62.8 Å². The largest absolute Gasteiger partial charge is 0.298 e. The number of aromatic nitrogens is 2. The Morgan fingerprint density at radius 2 is 1.33 bits per heavy atom.